The monoisotopic (exact) mass is 881 g/mol. The average Bonchev–Trinajstić information content (AvgIpc) is 4.06. The predicted molar refractivity (Wildman–Crippen MR) is 282 cm³/mol. The van der Waals surface area contributed by atoms with E-state index in [-0.39, 0.29) is 0 Å². The van der Waals surface area contributed by atoms with Gasteiger partial charge in [0, 0.05) is 36.9 Å². The van der Waals surface area contributed by atoms with Crippen molar-refractivity contribution in [3.05, 3.63) is 259 Å². The van der Waals surface area contributed by atoms with E-state index >= 15 is 0 Å². The van der Waals surface area contributed by atoms with E-state index in [1.807, 2.05) is 11.3 Å². The molecule has 0 aliphatic heterocycles. The molecule has 68 heavy (non-hydrogen) atoms. The van der Waals surface area contributed by atoms with Crippen LogP contribution >= 0.6 is 11.3 Å². The van der Waals surface area contributed by atoms with E-state index in [0.29, 0.717) is 17.5 Å². The minimum Gasteiger partial charge on any atom is -0.208 e. The first-order chi connectivity index (χ1) is 33.7. The van der Waals surface area contributed by atoms with Crippen LogP contribution in [-0.2, 0) is 5.41 Å². The van der Waals surface area contributed by atoms with Gasteiger partial charge < -0.3 is 0 Å². The smallest absolute Gasteiger partial charge is 0.164 e. The minimum absolute atomic E-state index is 0.554. The molecular weight excluding hydrogens is 843 g/mol. The maximum atomic E-state index is 5.44. The van der Waals surface area contributed by atoms with Crippen molar-refractivity contribution >= 4 is 31.5 Å². The van der Waals surface area contributed by atoms with E-state index in [4.69, 9.17) is 15.0 Å². The molecule has 0 N–H and O–H groups in total. The first kappa shape index (κ1) is 38.7. The highest BCUT2D eigenvalue weighted by Crippen LogP contribution is 2.64. The van der Waals surface area contributed by atoms with E-state index in [1.54, 1.807) is 0 Å². The molecule has 316 valence electrons. The van der Waals surface area contributed by atoms with Gasteiger partial charge in [-0.25, -0.2) is 15.0 Å². The van der Waals surface area contributed by atoms with Crippen LogP contribution in [0.3, 0.4) is 0 Å². The largest absolute Gasteiger partial charge is 0.208 e. The van der Waals surface area contributed by atoms with Crippen LogP contribution in [0.25, 0.3) is 110 Å². The van der Waals surface area contributed by atoms with Gasteiger partial charge >= 0.3 is 0 Å². The van der Waals surface area contributed by atoms with Gasteiger partial charge in [0.15, 0.2) is 17.5 Å². The standard InChI is InChI=1S/C64H39N3S/c1-2-14-40(15-3-1)41-30-36-45(37-31-41)61-65-62(46-38-32-43(33-39-46)42-28-34-44(35-29-42)47-20-12-22-53-51-19-7-11-27-58(51)68-60(47)53)67-63(66-61)54-23-13-21-52-50-18-6-10-26-57(50)64(59(52)54)55-24-8-4-16-48(55)49-17-5-9-25-56(49)64/h1-39H. The lowest BCUT2D eigenvalue weighted by molar-refractivity contribution is 0.794. The fourth-order valence-electron chi connectivity index (χ4n) is 11.2. The summed E-state index contributed by atoms with van der Waals surface area (Å²) in [5.41, 5.74) is 19.4. The molecule has 12 aromatic rings. The van der Waals surface area contributed by atoms with Gasteiger partial charge in [0.25, 0.3) is 0 Å². The lowest BCUT2D eigenvalue weighted by Gasteiger charge is -2.31. The molecule has 0 bridgehead atoms. The van der Waals surface area contributed by atoms with E-state index in [2.05, 4.69) is 237 Å². The minimum atomic E-state index is -0.554. The Hall–Kier alpha value is -8.57. The predicted octanol–water partition coefficient (Wildman–Crippen LogP) is 16.6. The summed E-state index contributed by atoms with van der Waals surface area (Å²) in [6.45, 7) is 0. The third kappa shape index (κ3) is 5.81. The molecule has 0 saturated carbocycles. The van der Waals surface area contributed by atoms with E-state index in [9.17, 15) is 0 Å². The van der Waals surface area contributed by atoms with Crippen LogP contribution in [-0.4, -0.2) is 15.0 Å². The molecule has 2 aliphatic carbocycles. The number of hydrogen-bond donors (Lipinski definition) is 0. The number of benzene rings is 10. The second-order valence-electron chi connectivity index (χ2n) is 17.8. The van der Waals surface area contributed by atoms with Crippen LogP contribution in [0.4, 0.5) is 0 Å². The highest BCUT2D eigenvalue weighted by Gasteiger charge is 2.52. The number of hydrogen-bond acceptors (Lipinski definition) is 4. The molecule has 14 rings (SSSR count). The summed E-state index contributed by atoms with van der Waals surface area (Å²) in [7, 11) is 0. The van der Waals surface area contributed by atoms with E-state index in [1.165, 1.54) is 81.4 Å². The zero-order valence-electron chi connectivity index (χ0n) is 36.8. The Balaban J connectivity index is 0.903. The van der Waals surface area contributed by atoms with Gasteiger partial charge in [0.05, 0.1) is 5.41 Å². The van der Waals surface area contributed by atoms with Crippen molar-refractivity contribution in [2.75, 3.05) is 0 Å². The first-order valence-corrected chi connectivity index (χ1v) is 24.0. The maximum Gasteiger partial charge on any atom is 0.164 e. The van der Waals surface area contributed by atoms with Crippen molar-refractivity contribution in [2.24, 2.45) is 0 Å². The second kappa shape index (κ2) is 15.2. The fourth-order valence-corrected chi connectivity index (χ4v) is 12.4. The summed E-state index contributed by atoms with van der Waals surface area (Å²) in [4.78, 5) is 16.1. The lowest BCUT2D eigenvalue weighted by atomic mass is 9.69. The van der Waals surface area contributed by atoms with Gasteiger partial charge in [0.2, 0.25) is 0 Å². The number of fused-ring (bicyclic) bond motifs is 13. The Labute approximate surface area is 398 Å². The third-order valence-electron chi connectivity index (χ3n) is 14.2. The molecule has 2 aliphatic rings. The molecule has 4 heteroatoms. The van der Waals surface area contributed by atoms with Crippen LogP contribution < -0.4 is 0 Å². The molecule has 0 fully saturated rings. The number of thiophene rings is 1. The molecule has 1 spiro atoms. The van der Waals surface area contributed by atoms with Gasteiger partial charge in [-0.15, -0.1) is 11.3 Å². The van der Waals surface area contributed by atoms with Crippen molar-refractivity contribution in [3.8, 4) is 89.8 Å². The van der Waals surface area contributed by atoms with Crippen molar-refractivity contribution < 1.29 is 0 Å². The second-order valence-corrected chi connectivity index (χ2v) is 18.9. The molecule has 10 aromatic carbocycles. The SMILES string of the molecule is c1ccc(-c2ccc(-c3nc(-c4ccc(-c5ccc(-c6cccc7c6sc6ccccc67)cc5)cc4)nc(-c4cccc5c4C4(c6ccccc6-c6ccccc64)c4ccccc4-5)n3)cc2)cc1. The number of nitrogens with zero attached hydrogens (tertiary/aromatic N) is 3. The van der Waals surface area contributed by atoms with E-state index < -0.39 is 5.41 Å². The zero-order chi connectivity index (χ0) is 44.8. The van der Waals surface area contributed by atoms with Crippen LogP contribution in [0.5, 0.6) is 0 Å². The highest BCUT2D eigenvalue weighted by atomic mass is 32.1. The first-order valence-electron chi connectivity index (χ1n) is 23.2. The zero-order valence-corrected chi connectivity index (χ0v) is 37.6. The van der Waals surface area contributed by atoms with Crippen LogP contribution in [0.15, 0.2) is 237 Å². The third-order valence-corrected chi connectivity index (χ3v) is 15.4. The van der Waals surface area contributed by atoms with Crippen molar-refractivity contribution in [2.45, 2.75) is 5.41 Å². The molecule has 0 amide bonds. The molecule has 0 saturated heterocycles. The van der Waals surface area contributed by atoms with Gasteiger partial charge in [0.1, 0.15) is 0 Å². The van der Waals surface area contributed by atoms with Gasteiger partial charge in [-0.1, -0.05) is 231 Å². The topological polar surface area (TPSA) is 38.7 Å². The molecular formula is C64H39N3S. The van der Waals surface area contributed by atoms with E-state index in [0.717, 1.165) is 33.4 Å². The summed E-state index contributed by atoms with van der Waals surface area (Å²) < 4.78 is 2.64. The maximum absolute atomic E-state index is 5.44. The molecule has 2 heterocycles. The molecule has 0 unspecified atom stereocenters. The summed E-state index contributed by atoms with van der Waals surface area (Å²) >= 11 is 1.87. The molecule has 0 radical (unpaired) electrons. The lowest BCUT2D eigenvalue weighted by Crippen LogP contribution is -2.26. The normalized spacial score (nSPS) is 12.8. The van der Waals surface area contributed by atoms with Gasteiger partial charge in [-0.3, -0.25) is 0 Å². The number of aromatic nitrogens is 3. The fraction of sp³-hybridized carbons (Fsp3) is 0.0156. The summed E-state index contributed by atoms with van der Waals surface area (Å²) in [5, 5.41) is 2.63. The summed E-state index contributed by atoms with van der Waals surface area (Å²) in [5.74, 6) is 1.91. The summed E-state index contributed by atoms with van der Waals surface area (Å²) in [6, 6.07) is 85.5. The van der Waals surface area contributed by atoms with Crippen molar-refractivity contribution in [1.29, 1.82) is 0 Å². The Morgan fingerprint density at radius 1 is 0.265 bits per heavy atom. The molecule has 0 atom stereocenters. The van der Waals surface area contributed by atoms with Gasteiger partial charge in [-0.05, 0) is 84.0 Å². The average molecular weight is 882 g/mol. The quantitative estimate of drug-likeness (QED) is 0.167. The van der Waals surface area contributed by atoms with Crippen molar-refractivity contribution in [3.63, 3.8) is 0 Å². The van der Waals surface area contributed by atoms with Crippen LogP contribution in [0.2, 0.25) is 0 Å². The molecule has 2 aromatic heterocycles. The Morgan fingerprint density at radius 2 is 0.662 bits per heavy atom. The number of rotatable bonds is 6. The molecule has 3 nitrogen and oxygen atoms in total. The van der Waals surface area contributed by atoms with Gasteiger partial charge in [-0.2, -0.15) is 0 Å². The van der Waals surface area contributed by atoms with Crippen LogP contribution in [0, 0.1) is 0 Å². The highest BCUT2D eigenvalue weighted by molar-refractivity contribution is 7.26. The van der Waals surface area contributed by atoms with Crippen molar-refractivity contribution in [1.82, 2.24) is 15.0 Å². The Bertz CT molecular complexity index is 3880. The Kier molecular flexibility index (Phi) is 8.67. The summed E-state index contributed by atoms with van der Waals surface area (Å²) in [6.07, 6.45) is 0. The van der Waals surface area contributed by atoms with Crippen LogP contribution in [0.1, 0.15) is 22.3 Å². The Morgan fingerprint density at radius 3 is 1.26 bits per heavy atom.